The Balaban J connectivity index is 1.38. The van der Waals surface area contributed by atoms with Crippen LogP contribution in [0.15, 0.2) is 42.0 Å². The summed E-state index contributed by atoms with van der Waals surface area (Å²) in [5, 5.41) is 6.79. The molecule has 2 aromatic heterocycles. The number of hydrogen-bond donors (Lipinski definition) is 2. The molecule has 0 saturated carbocycles. The fourth-order valence-electron chi connectivity index (χ4n) is 3.31. The third-order valence-electron chi connectivity index (χ3n) is 5.08. The van der Waals surface area contributed by atoms with Crippen LogP contribution in [0.25, 0.3) is 5.82 Å². The molecule has 0 atom stereocenters. The van der Waals surface area contributed by atoms with Gasteiger partial charge in [0.15, 0.2) is 5.96 Å². The van der Waals surface area contributed by atoms with Crippen molar-refractivity contribution in [2.45, 2.75) is 32.7 Å². The first-order valence-corrected chi connectivity index (χ1v) is 9.84. The summed E-state index contributed by atoms with van der Waals surface area (Å²) in [6.07, 6.45) is 11.0. The van der Waals surface area contributed by atoms with Crippen molar-refractivity contribution in [2.75, 3.05) is 33.2 Å². The summed E-state index contributed by atoms with van der Waals surface area (Å²) in [5.74, 6) is 2.60. The molecule has 2 aromatic rings. The van der Waals surface area contributed by atoms with E-state index < -0.39 is 0 Å². The Labute approximate surface area is 161 Å². The highest BCUT2D eigenvalue weighted by Gasteiger charge is 2.14. The van der Waals surface area contributed by atoms with E-state index in [1.54, 1.807) is 12.5 Å². The molecule has 0 bridgehead atoms. The summed E-state index contributed by atoms with van der Waals surface area (Å²) in [6, 6.07) is 4.07. The van der Waals surface area contributed by atoms with E-state index in [4.69, 9.17) is 0 Å². The zero-order valence-electron chi connectivity index (χ0n) is 16.4. The molecule has 1 fully saturated rings. The molecule has 2 N–H and O–H groups in total. The minimum atomic E-state index is 0.702. The predicted molar refractivity (Wildman–Crippen MR) is 109 cm³/mol. The van der Waals surface area contributed by atoms with Gasteiger partial charge in [0.2, 0.25) is 0 Å². The summed E-state index contributed by atoms with van der Waals surface area (Å²) in [6.45, 7) is 7.65. The number of nitrogens with one attached hydrogen (secondary N) is 2. The molecule has 0 spiro atoms. The molecule has 0 aliphatic carbocycles. The second-order valence-electron chi connectivity index (χ2n) is 7.22. The third kappa shape index (κ3) is 6.06. The van der Waals surface area contributed by atoms with Crippen LogP contribution < -0.4 is 10.6 Å². The SMILES string of the molecule is CN=C(NCCCN1CCC(C)CC1)NCc1ccnc(-n2ccnc2)c1. The first-order chi connectivity index (χ1) is 13.2. The highest BCUT2D eigenvalue weighted by atomic mass is 15.2. The van der Waals surface area contributed by atoms with Crippen LogP contribution in [0.2, 0.25) is 0 Å². The summed E-state index contributed by atoms with van der Waals surface area (Å²) >= 11 is 0. The third-order valence-corrected chi connectivity index (χ3v) is 5.08. The molecule has 3 heterocycles. The Kier molecular flexibility index (Phi) is 7.21. The smallest absolute Gasteiger partial charge is 0.191 e. The molecule has 0 aromatic carbocycles. The van der Waals surface area contributed by atoms with Gasteiger partial charge in [-0.3, -0.25) is 9.56 Å². The van der Waals surface area contributed by atoms with Crippen molar-refractivity contribution in [2.24, 2.45) is 10.9 Å². The minimum absolute atomic E-state index is 0.702. The molecule has 1 saturated heterocycles. The number of aliphatic imine (C=N–C) groups is 1. The highest BCUT2D eigenvalue weighted by molar-refractivity contribution is 5.79. The first-order valence-electron chi connectivity index (χ1n) is 9.84. The topological polar surface area (TPSA) is 70.4 Å². The molecular formula is C20H31N7. The van der Waals surface area contributed by atoms with Crippen molar-refractivity contribution >= 4 is 5.96 Å². The van der Waals surface area contributed by atoms with Crippen LogP contribution in [0.3, 0.4) is 0 Å². The Morgan fingerprint density at radius 3 is 2.85 bits per heavy atom. The monoisotopic (exact) mass is 369 g/mol. The van der Waals surface area contributed by atoms with Gasteiger partial charge in [0, 0.05) is 38.7 Å². The Morgan fingerprint density at radius 2 is 2.11 bits per heavy atom. The van der Waals surface area contributed by atoms with E-state index in [0.29, 0.717) is 6.54 Å². The summed E-state index contributed by atoms with van der Waals surface area (Å²) in [4.78, 5) is 15.3. The molecule has 0 radical (unpaired) electrons. The lowest BCUT2D eigenvalue weighted by atomic mass is 9.99. The Morgan fingerprint density at radius 1 is 1.26 bits per heavy atom. The van der Waals surface area contributed by atoms with Gasteiger partial charge in [-0.15, -0.1) is 0 Å². The van der Waals surface area contributed by atoms with Crippen molar-refractivity contribution < 1.29 is 0 Å². The summed E-state index contributed by atoms with van der Waals surface area (Å²) in [5.41, 5.74) is 1.15. The lowest BCUT2D eigenvalue weighted by Crippen LogP contribution is -2.39. The average molecular weight is 370 g/mol. The van der Waals surface area contributed by atoms with E-state index in [9.17, 15) is 0 Å². The van der Waals surface area contributed by atoms with Gasteiger partial charge in [-0.2, -0.15) is 0 Å². The second-order valence-corrected chi connectivity index (χ2v) is 7.22. The minimum Gasteiger partial charge on any atom is -0.356 e. The van der Waals surface area contributed by atoms with Crippen molar-refractivity contribution in [3.63, 3.8) is 0 Å². The van der Waals surface area contributed by atoms with Crippen molar-refractivity contribution in [1.29, 1.82) is 0 Å². The van der Waals surface area contributed by atoms with Gasteiger partial charge in [-0.1, -0.05) is 6.92 Å². The molecule has 0 unspecified atom stereocenters. The van der Waals surface area contributed by atoms with Gasteiger partial charge in [-0.25, -0.2) is 9.97 Å². The lowest BCUT2D eigenvalue weighted by Gasteiger charge is -2.30. The molecule has 27 heavy (non-hydrogen) atoms. The van der Waals surface area contributed by atoms with E-state index >= 15 is 0 Å². The van der Waals surface area contributed by atoms with E-state index in [1.807, 2.05) is 30.1 Å². The molecule has 1 aliphatic rings. The van der Waals surface area contributed by atoms with Gasteiger partial charge in [0.1, 0.15) is 12.1 Å². The van der Waals surface area contributed by atoms with Crippen LogP contribution in [0, 0.1) is 5.92 Å². The van der Waals surface area contributed by atoms with Crippen LogP contribution in [0.1, 0.15) is 31.7 Å². The van der Waals surface area contributed by atoms with Gasteiger partial charge < -0.3 is 15.5 Å². The first kappa shape index (κ1) is 19.4. The number of pyridine rings is 1. The number of aromatic nitrogens is 3. The number of hydrogen-bond acceptors (Lipinski definition) is 4. The van der Waals surface area contributed by atoms with Crippen LogP contribution in [-0.2, 0) is 6.54 Å². The van der Waals surface area contributed by atoms with Gasteiger partial charge in [0.05, 0.1) is 0 Å². The lowest BCUT2D eigenvalue weighted by molar-refractivity contribution is 0.191. The number of likely N-dealkylation sites (tertiary alicyclic amines) is 1. The average Bonchev–Trinajstić information content (AvgIpc) is 3.24. The quantitative estimate of drug-likeness (QED) is 0.444. The maximum absolute atomic E-state index is 4.38. The Bertz CT molecular complexity index is 703. The number of guanidine groups is 1. The number of rotatable bonds is 7. The van der Waals surface area contributed by atoms with Crippen LogP contribution in [-0.4, -0.2) is 58.6 Å². The molecule has 3 rings (SSSR count). The van der Waals surface area contributed by atoms with Gasteiger partial charge in [0.25, 0.3) is 0 Å². The normalized spacial score (nSPS) is 16.4. The van der Waals surface area contributed by atoms with Gasteiger partial charge >= 0.3 is 0 Å². The number of imidazole rings is 1. The zero-order chi connectivity index (χ0) is 18.9. The maximum atomic E-state index is 4.38. The highest BCUT2D eigenvalue weighted by Crippen LogP contribution is 2.15. The van der Waals surface area contributed by atoms with Crippen molar-refractivity contribution in [1.82, 2.24) is 30.1 Å². The van der Waals surface area contributed by atoms with E-state index in [0.717, 1.165) is 42.8 Å². The maximum Gasteiger partial charge on any atom is 0.191 e. The molecule has 0 amide bonds. The van der Waals surface area contributed by atoms with Gasteiger partial charge in [-0.05, 0) is 62.5 Å². The number of piperidine rings is 1. The molecule has 7 nitrogen and oxygen atoms in total. The predicted octanol–water partition coefficient (Wildman–Crippen LogP) is 2.05. The summed E-state index contributed by atoms with van der Waals surface area (Å²) in [7, 11) is 1.81. The van der Waals surface area contributed by atoms with E-state index in [2.05, 4.69) is 43.5 Å². The standard InChI is InChI=1S/C20H31N7/c1-17-5-11-26(12-6-17)10-3-7-24-20(21-2)25-15-18-4-8-23-19(14-18)27-13-9-22-16-27/h4,8-9,13-14,16-17H,3,5-7,10-12,15H2,1-2H3,(H2,21,24,25). The fraction of sp³-hybridized carbons (Fsp3) is 0.550. The van der Waals surface area contributed by atoms with Crippen molar-refractivity contribution in [3.05, 3.63) is 42.6 Å². The van der Waals surface area contributed by atoms with E-state index in [-0.39, 0.29) is 0 Å². The molecule has 1 aliphatic heterocycles. The molecule has 146 valence electrons. The van der Waals surface area contributed by atoms with Crippen molar-refractivity contribution in [3.8, 4) is 5.82 Å². The Hall–Kier alpha value is -2.41. The zero-order valence-corrected chi connectivity index (χ0v) is 16.4. The fourth-order valence-corrected chi connectivity index (χ4v) is 3.31. The van der Waals surface area contributed by atoms with Crippen LogP contribution in [0.4, 0.5) is 0 Å². The molecular weight excluding hydrogens is 338 g/mol. The van der Waals surface area contributed by atoms with E-state index in [1.165, 1.54) is 25.9 Å². The molecule has 7 heteroatoms. The summed E-state index contributed by atoms with van der Waals surface area (Å²) < 4.78 is 1.90. The second kappa shape index (κ2) is 10.1. The largest absolute Gasteiger partial charge is 0.356 e. The van der Waals surface area contributed by atoms with Crippen LogP contribution in [0.5, 0.6) is 0 Å². The van der Waals surface area contributed by atoms with Crippen LogP contribution >= 0.6 is 0 Å². The number of nitrogens with zero attached hydrogens (tertiary/aromatic N) is 5.